The minimum absolute atomic E-state index is 0.150. The van der Waals surface area contributed by atoms with Crippen LogP contribution in [0.4, 0.5) is 0 Å². The molecule has 2 heteroatoms. The number of Topliss-reactive ketones (excluding diaryl/α,β-unsaturated/α-hetero) is 1. The second-order valence-corrected chi connectivity index (χ2v) is 5.47. The predicted molar refractivity (Wildman–Crippen MR) is 77.5 cm³/mol. The first-order valence-electron chi connectivity index (χ1n) is 7.42. The minimum Gasteiger partial charge on any atom is -0.373 e. The molecule has 1 aliphatic rings. The van der Waals surface area contributed by atoms with Gasteiger partial charge in [-0.2, -0.15) is 0 Å². The van der Waals surface area contributed by atoms with Crippen molar-refractivity contribution in [3.05, 3.63) is 35.4 Å². The van der Waals surface area contributed by atoms with E-state index in [1.165, 1.54) is 24.8 Å². The van der Waals surface area contributed by atoms with Crippen molar-refractivity contribution in [2.24, 2.45) is 5.92 Å². The molecular weight excluding hydrogens is 236 g/mol. The number of carbonyl (C=O) groups excluding carboxylic acids is 1. The van der Waals surface area contributed by atoms with Crippen molar-refractivity contribution < 1.29 is 9.53 Å². The number of benzene rings is 1. The summed E-state index contributed by atoms with van der Waals surface area (Å²) in [7, 11) is 1.66. The summed E-state index contributed by atoms with van der Waals surface area (Å²) in [4.78, 5) is 12.5. The van der Waals surface area contributed by atoms with E-state index in [1.54, 1.807) is 7.11 Å². The first-order valence-corrected chi connectivity index (χ1v) is 7.42. The van der Waals surface area contributed by atoms with E-state index in [-0.39, 0.29) is 11.9 Å². The van der Waals surface area contributed by atoms with Crippen LogP contribution in [0.1, 0.15) is 54.9 Å². The zero-order valence-corrected chi connectivity index (χ0v) is 12.0. The highest BCUT2D eigenvalue weighted by Crippen LogP contribution is 2.29. The average molecular weight is 260 g/mol. The molecule has 1 saturated carbocycles. The van der Waals surface area contributed by atoms with Crippen LogP contribution < -0.4 is 0 Å². The highest BCUT2D eigenvalue weighted by Gasteiger charge is 2.29. The van der Waals surface area contributed by atoms with Gasteiger partial charge in [-0.3, -0.25) is 4.79 Å². The van der Waals surface area contributed by atoms with Gasteiger partial charge >= 0.3 is 0 Å². The van der Waals surface area contributed by atoms with Gasteiger partial charge < -0.3 is 4.74 Å². The van der Waals surface area contributed by atoms with Crippen molar-refractivity contribution in [3.63, 3.8) is 0 Å². The normalized spacial score (nSPS) is 18.2. The Balaban J connectivity index is 2.10. The van der Waals surface area contributed by atoms with Crippen LogP contribution in [0.5, 0.6) is 0 Å². The fourth-order valence-electron chi connectivity index (χ4n) is 3.02. The van der Waals surface area contributed by atoms with Crippen LogP contribution in [0.25, 0.3) is 0 Å². The molecule has 1 fully saturated rings. The lowest BCUT2D eigenvalue weighted by molar-refractivity contribution is 0.0314. The van der Waals surface area contributed by atoms with Crippen molar-refractivity contribution >= 4 is 5.78 Å². The molecule has 0 saturated heterocycles. The summed E-state index contributed by atoms with van der Waals surface area (Å²) >= 11 is 0. The molecule has 1 unspecified atom stereocenters. The zero-order valence-electron chi connectivity index (χ0n) is 12.0. The number of ether oxygens (including phenoxy) is 1. The Bertz CT molecular complexity index is 402. The number of rotatable bonds is 5. The molecule has 1 aromatic carbocycles. The van der Waals surface area contributed by atoms with Gasteiger partial charge in [0.25, 0.3) is 0 Å². The highest BCUT2D eigenvalue weighted by molar-refractivity contribution is 5.99. The van der Waals surface area contributed by atoms with E-state index in [0.717, 1.165) is 24.8 Å². The molecule has 0 aromatic heterocycles. The summed E-state index contributed by atoms with van der Waals surface area (Å²) in [5.41, 5.74) is 2.05. The van der Waals surface area contributed by atoms with Crippen LogP contribution in [0.2, 0.25) is 0 Å². The number of methoxy groups -OCH3 is 1. The Hall–Kier alpha value is -1.15. The molecule has 1 aromatic rings. The summed E-state index contributed by atoms with van der Waals surface area (Å²) in [6.07, 6.45) is 6.75. The fourth-order valence-corrected chi connectivity index (χ4v) is 3.02. The third kappa shape index (κ3) is 3.44. The molecular formula is C17H24O2. The van der Waals surface area contributed by atoms with Gasteiger partial charge in [0.2, 0.25) is 0 Å². The average Bonchev–Trinajstić information content (AvgIpc) is 2.49. The number of hydrogen-bond donors (Lipinski definition) is 0. The number of carbonyl (C=O) groups is 1. The Labute approximate surface area is 116 Å². The van der Waals surface area contributed by atoms with E-state index in [4.69, 9.17) is 4.74 Å². The summed E-state index contributed by atoms with van der Waals surface area (Å²) < 4.78 is 5.51. The van der Waals surface area contributed by atoms with Crippen molar-refractivity contribution in [3.8, 4) is 0 Å². The summed E-state index contributed by atoms with van der Waals surface area (Å²) in [6.45, 7) is 2.12. The molecule has 104 valence electrons. The van der Waals surface area contributed by atoms with Gasteiger partial charge in [-0.15, -0.1) is 0 Å². The molecule has 0 spiro atoms. The number of aryl methyl sites for hydroxylation is 1. The SMILES string of the molecule is CCc1ccc(C(=O)C(OC)C2CCCCC2)cc1. The van der Waals surface area contributed by atoms with E-state index in [1.807, 2.05) is 24.3 Å². The molecule has 0 radical (unpaired) electrons. The minimum atomic E-state index is -0.257. The number of ketones is 1. The fraction of sp³-hybridized carbons (Fsp3) is 0.588. The van der Waals surface area contributed by atoms with Gasteiger partial charge in [0.15, 0.2) is 5.78 Å². The lowest BCUT2D eigenvalue weighted by Crippen LogP contribution is -2.33. The molecule has 19 heavy (non-hydrogen) atoms. The smallest absolute Gasteiger partial charge is 0.191 e. The molecule has 2 nitrogen and oxygen atoms in total. The molecule has 2 rings (SSSR count). The molecule has 0 heterocycles. The Morgan fingerprint density at radius 3 is 2.37 bits per heavy atom. The van der Waals surface area contributed by atoms with E-state index < -0.39 is 0 Å². The van der Waals surface area contributed by atoms with Crippen molar-refractivity contribution in [1.82, 2.24) is 0 Å². The third-order valence-electron chi connectivity index (χ3n) is 4.24. The zero-order chi connectivity index (χ0) is 13.7. The lowest BCUT2D eigenvalue weighted by Gasteiger charge is -2.28. The third-order valence-corrected chi connectivity index (χ3v) is 4.24. The standard InChI is InChI=1S/C17H24O2/c1-3-13-9-11-14(12-10-13)16(18)17(19-2)15-7-5-4-6-8-15/h9-12,15,17H,3-8H2,1-2H3. The predicted octanol–water partition coefficient (Wildman–Crippen LogP) is 4.03. The van der Waals surface area contributed by atoms with Crippen molar-refractivity contribution in [2.45, 2.75) is 51.6 Å². The van der Waals surface area contributed by atoms with E-state index in [2.05, 4.69) is 6.92 Å². The van der Waals surface area contributed by atoms with Gasteiger partial charge in [0.05, 0.1) is 0 Å². The van der Waals surface area contributed by atoms with Gasteiger partial charge in [-0.05, 0) is 30.7 Å². The molecule has 0 bridgehead atoms. The summed E-state index contributed by atoms with van der Waals surface area (Å²) in [5.74, 6) is 0.550. The Kier molecular flexibility index (Phi) is 5.15. The molecule has 0 N–H and O–H groups in total. The second kappa shape index (κ2) is 6.85. The van der Waals surface area contributed by atoms with Crippen molar-refractivity contribution in [2.75, 3.05) is 7.11 Å². The summed E-state index contributed by atoms with van der Waals surface area (Å²) in [5, 5.41) is 0. The van der Waals surface area contributed by atoms with Crippen LogP contribution in [-0.4, -0.2) is 19.0 Å². The van der Waals surface area contributed by atoms with E-state index >= 15 is 0 Å². The van der Waals surface area contributed by atoms with Gasteiger partial charge in [-0.1, -0.05) is 50.5 Å². The highest BCUT2D eigenvalue weighted by atomic mass is 16.5. The van der Waals surface area contributed by atoms with Crippen molar-refractivity contribution in [1.29, 1.82) is 0 Å². The second-order valence-electron chi connectivity index (χ2n) is 5.47. The van der Waals surface area contributed by atoms with Crippen LogP contribution in [0.15, 0.2) is 24.3 Å². The van der Waals surface area contributed by atoms with Crippen LogP contribution in [-0.2, 0) is 11.2 Å². The molecule has 0 amide bonds. The summed E-state index contributed by atoms with van der Waals surface area (Å²) in [6, 6.07) is 7.97. The first-order chi connectivity index (χ1) is 9.26. The van der Waals surface area contributed by atoms with Gasteiger partial charge in [0, 0.05) is 12.7 Å². The van der Waals surface area contributed by atoms with Crippen LogP contribution in [0.3, 0.4) is 0 Å². The maximum absolute atomic E-state index is 12.5. The Morgan fingerprint density at radius 2 is 1.84 bits per heavy atom. The van der Waals surface area contributed by atoms with Gasteiger partial charge in [0.1, 0.15) is 6.10 Å². The molecule has 0 aliphatic heterocycles. The quantitative estimate of drug-likeness (QED) is 0.747. The topological polar surface area (TPSA) is 26.3 Å². The maximum Gasteiger partial charge on any atom is 0.191 e. The van der Waals surface area contributed by atoms with Crippen LogP contribution >= 0.6 is 0 Å². The van der Waals surface area contributed by atoms with E-state index in [0.29, 0.717) is 5.92 Å². The number of hydrogen-bond acceptors (Lipinski definition) is 2. The first kappa shape index (κ1) is 14.3. The largest absolute Gasteiger partial charge is 0.373 e. The monoisotopic (exact) mass is 260 g/mol. The molecule has 1 atom stereocenters. The van der Waals surface area contributed by atoms with Crippen LogP contribution in [0, 0.1) is 5.92 Å². The molecule has 1 aliphatic carbocycles. The van der Waals surface area contributed by atoms with E-state index in [9.17, 15) is 4.79 Å². The lowest BCUT2D eigenvalue weighted by atomic mass is 9.82. The maximum atomic E-state index is 12.5. The Morgan fingerprint density at radius 1 is 1.21 bits per heavy atom. The van der Waals surface area contributed by atoms with Gasteiger partial charge in [-0.25, -0.2) is 0 Å².